The van der Waals surface area contributed by atoms with Gasteiger partial charge in [0.15, 0.2) is 0 Å². The highest BCUT2D eigenvalue weighted by molar-refractivity contribution is 4.96. The summed E-state index contributed by atoms with van der Waals surface area (Å²) in [5.74, 6) is 0. The van der Waals surface area contributed by atoms with Crippen molar-refractivity contribution in [3.05, 3.63) is 0 Å². The summed E-state index contributed by atoms with van der Waals surface area (Å²) in [4.78, 5) is 2.28. The van der Waals surface area contributed by atoms with Gasteiger partial charge in [-0.1, -0.05) is 13.8 Å². The Bertz CT molecular complexity index is 194. The summed E-state index contributed by atoms with van der Waals surface area (Å²) in [6.45, 7) is 7.61. The maximum atomic E-state index is 13.1. The lowest BCUT2D eigenvalue weighted by molar-refractivity contribution is 0.0771. The van der Waals surface area contributed by atoms with Crippen LogP contribution in [0.5, 0.6) is 0 Å². The summed E-state index contributed by atoms with van der Waals surface area (Å²) in [5, 5.41) is 0. The number of methoxy groups -OCH3 is 1. The van der Waals surface area contributed by atoms with E-state index in [2.05, 4.69) is 4.90 Å². The molecule has 0 N–H and O–H groups in total. The Morgan fingerprint density at radius 1 is 1.38 bits per heavy atom. The Balaban J connectivity index is 0.000000606. The molecule has 0 amide bonds. The third-order valence-electron chi connectivity index (χ3n) is 3.41. The summed E-state index contributed by atoms with van der Waals surface area (Å²) in [6.07, 6.45) is 3.70. The van der Waals surface area contributed by atoms with Crippen molar-refractivity contribution in [3.8, 4) is 0 Å². The molecule has 0 aromatic heterocycles. The van der Waals surface area contributed by atoms with Gasteiger partial charge in [-0.2, -0.15) is 0 Å². The first-order valence-electron chi connectivity index (χ1n) is 6.59. The number of piperidine rings is 1. The Labute approximate surface area is 99.2 Å². The number of likely N-dealkylation sites (tertiary alicyclic amines) is 1. The van der Waals surface area contributed by atoms with Gasteiger partial charge in [0, 0.05) is 25.6 Å². The molecule has 2 aliphatic rings. The Morgan fingerprint density at radius 2 is 2.06 bits per heavy atom. The molecule has 1 aliphatic heterocycles. The van der Waals surface area contributed by atoms with Crippen molar-refractivity contribution in [1.29, 1.82) is 0 Å². The zero-order chi connectivity index (χ0) is 12.0. The molecule has 0 spiro atoms. The van der Waals surface area contributed by atoms with E-state index in [-0.39, 0.29) is 0 Å². The number of halogens is 1. The SMILES string of the molecule is CC.COCC1(CN2CCCC(F)C2)CC1. The average molecular weight is 231 g/mol. The van der Waals surface area contributed by atoms with Crippen LogP contribution in [0, 0.1) is 5.41 Å². The second kappa shape index (κ2) is 6.55. The second-order valence-corrected chi connectivity index (χ2v) is 4.91. The molecular weight excluding hydrogens is 205 g/mol. The summed E-state index contributed by atoms with van der Waals surface area (Å²) in [6, 6.07) is 0. The highest BCUT2D eigenvalue weighted by Crippen LogP contribution is 2.46. The minimum Gasteiger partial charge on any atom is -0.384 e. The smallest absolute Gasteiger partial charge is 0.113 e. The third kappa shape index (κ3) is 4.02. The fraction of sp³-hybridized carbons (Fsp3) is 1.00. The van der Waals surface area contributed by atoms with Crippen LogP contribution in [0.1, 0.15) is 39.5 Å². The fourth-order valence-corrected chi connectivity index (χ4v) is 2.45. The van der Waals surface area contributed by atoms with Crippen LogP contribution in [0.2, 0.25) is 0 Å². The van der Waals surface area contributed by atoms with E-state index in [9.17, 15) is 4.39 Å². The number of hydrogen-bond donors (Lipinski definition) is 0. The second-order valence-electron chi connectivity index (χ2n) is 4.91. The van der Waals surface area contributed by atoms with E-state index in [0.29, 0.717) is 12.0 Å². The van der Waals surface area contributed by atoms with Gasteiger partial charge in [0.25, 0.3) is 0 Å². The van der Waals surface area contributed by atoms with Crippen molar-refractivity contribution in [1.82, 2.24) is 4.90 Å². The molecule has 96 valence electrons. The predicted molar refractivity (Wildman–Crippen MR) is 65.5 cm³/mol. The molecular formula is C13H26FNO. The monoisotopic (exact) mass is 231 g/mol. The van der Waals surface area contributed by atoms with Crippen LogP contribution >= 0.6 is 0 Å². The molecule has 2 nitrogen and oxygen atoms in total. The van der Waals surface area contributed by atoms with Gasteiger partial charge in [-0.05, 0) is 32.2 Å². The van der Waals surface area contributed by atoms with Gasteiger partial charge < -0.3 is 4.74 Å². The van der Waals surface area contributed by atoms with Crippen molar-refractivity contribution < 1.29 is 9.13 Å². The topological polar surface area (TPSA) is 12.5 Å². The number of alkyl halides is 1. The first-order chi connectivity index (χ1) is 7.74. The molecule has 0 aromatic carbocycles. The summed E-state index contributed by atoms with van der Waals surface area (Å²) >= 11 is 0. The van der Waals surface area contributed by atoms with Crippen molar-refractivity contribution in [2.45, 2.75) is 45.7 Å². The van der Waals surface area contributed by atoms with Crippen LogP contribution in [0.15, 0.2) is 0 Å². The highest BCUT2D eigenvalue weighted by Gasteiger charge is 2.44. The lowest BCUT2D eigenvalue weighted by Gasteiger charge is -2.32. The molecule has 1 aliphatic carbocycles. The summed E-state index contributed by atoms with van der Waals surface area (Å²) < 4.78 is 18.4. The quantitative estimate of drug-likeness (QED) is 0.737. The predicted octanol–water partition coefficient (Wildman–Crippen LogP) is 2.87. The van der Waals surface area contributed by atoms with Gasteiger partial charge in [-0.25, -0.2) is 4.39 Å². The van der Waals surface area contributed by atoms with E-state index < -0.39 is 6.17 Å². The van der Waals surface area contributed by atoms with Crippen molar-refractivity contribution >= 4 is 0 Å². The lowest BCUT2D eigenvalue weighted by Crippen LogP contribution is -2.40. The molecule has 1 atom stereocenters. The molecule has 1 saturated heterocycles. The van der Waals surface area contributed by atoms with E-state index in [4.69, 9.17) is 4.74 Å². The van der Waals surface area contributed by atoms with E-state index in [1.54, 1.807) is 7.11 Å². The van der Waals surface area contributed by atoms with Crippen LogP contribution in [0.25, 0.3) is 0 Å². The van der Waals surface area contributed by atoms with Crippen LogP contribution in [-0.4, -0.2) is 44.4 Å². The van der Waals surface area contributed by atoms with E-state index in [1.165, 1.54) is 12.8 Å². The van der Waals surface area contributed by atoms with Crippen LogP contribution < -0.4 is 0 Å². The Kier molecular flexibility index (Phi) is 5.70. The molecule has 3 heteroatoms. The molecule has 1 saturated carbocycles. The molecule has 1 unspecified atom stereocenters. The number of rotatable bonds is 4. The third-order valence-corrected chi connectivity index (χ3v) is 3.41. The van der Waals surface area contributed by atoms with Gasteiger partial charge in [-0.3, -0.25) is 4.90 Å². The van der Waals surface area contributed by atoms with Crippen molar-refractivity contribution in [3.63, 3.8) is 0 Å². The zero-order valence-corrected chi connectivity index (χ0v) is 11.0. The molecule has 0 bridgehead atoms. The number of hydrogen-bond acceptors (Lipinski definition) is 2. The standard InChI is InChI=1S/C11H20FNO.C2H6/c1-14-9-11(4-5-11)8-13-6-2-3-10(12)7-13;1-2/h10H,2-9H2,1H3;1-2H3. The lowest BCUT2D eigenvalue weighted by atomic mass is 10.0. The molecule has 2 rings (SSSR count). The highest BCUT2D eigenvalue weighted by atomic mass is 19.1. The minimum atomic E-state index is -0.595. The van der Waals surface area contributed by atoms with Gasteiger partial charge in [-0.15, -0.1) is 0 Å². The molecule has 1 heterocycles. The first kappa shape index (κ1) is 13.9. The van der Waals surface area contributed by atoms with E-state index in [1.807, 2.05) is 13.8 Å². The average Bonchev–Trinajstić information content (AvgIpc) is 3.01. The van der Waals surface area contributed by atoms with Crippen LogP contribution in [0.3, 0.4) is 0 Å². The van der Waals surface area contributed by atoms with Gasteiger partial charge in [0.1, 0.15) is 6.17 Å². The molecule has 0 aromatic rings. The summed E-state index contributed by atoms with van der Waals surface area (Å²) in [5.41, 5.74) is 0.381. The van der Waals surface area contributed by atoms with Crippen LogP contribution in [0.4, 0.5) is 4.39 Å². The fourth-order valence-electron chi connectivity index (χ4n) is 2.45. The Hall–Kier alpha value is -0.150. The number of nitrogens with zero attached hydrogens (tertiary/aromatic N) is 1. The van der Waals surface area contributed by atoms with E-state index in [0.717, 1.165) is 32.5 Å². The minimum absolute atomic E-state index is 0.381. The van der Waals surface area contributed by atoms with Gasteiger partial charge in [0.2, 0.25) is 0 Å². The molecule has 16 heavy (non-hydrogen) atoms. The largest absolute Gasteiger partial charge is 0.384 e. The maximum absolute atomic E-state index is 13.1. The first-order valence-corrected chi connectivity index (χ1v) is 6.59. The van der Waals surface area contributed by atoms with Crippen LogP contribution in [-0.2, 0) is 4.74 Å². The number of ether oxygens (including phenoxy) is 1. The zero-order valence-electron chi connectivity index (χ0n) is 11.0. The Morgan fingerprint density at radius 3 is 2.56 bits per heavy atom. The molecule has 0 radical (unpaired) electrons. The molecule has 2 fully saturated rings. The van der Waals surface area contributed by atoms with Gasteiger partial charge >= 0.3 is 0 Å². The normalized spacial score (nSPS) is 28.1. The van der Waals surface area contributed by atoms with E-state index >= 15 is 0 Å². The van der Waals surface area contributed by atoms with Crippen molar-refractivity contribution in [2.24, 2.45) is 5.41 Å². The maximum Gasteiger partial charge on any atom is 0.113 e. The van der Waals surface area contributed by atoms with Gasteiger partial charge in [0.05, 0.1) is 6.61 Å². The summed E-state index contributed by atoms with van der Waals surface area (Å²) in [7, 11) is 1.76. The van der Waals surface area contributed by atoms with Crippen molar-refractivity contribution in [2.75, 3.05) is 33.4 Å².